The maximum atomic E-state index is 13.2. The Morgan fingerprint density at radius 2 is 2.06 bits per heavy atom. The van der Waals surface area contributed by atoms with Crippen molar-refractivity contribution in [3.63, 3.8) is 0 Å². The molecular weight excluding hydrogens is 221 g/mol. The fourth-order valence-corrected chi connectivity index (χ4v) is 1.27. The summed E-state index contributed by atoms with van der Waals surface area (Å²) >= 11 is 0. The van der Waals surface area contributed by atoms with Gasteiger partial charge in [-0.2, -0.15) is 0 Å². The average molecular weight is 241 g/mol. The van der Waals surface area contributed by atoms with E-state index < -0.39 is 5.60 Å². The molecule has 1 aromatic carbocycles. The first-order valence-electron chi connectivity index (χ1n) is 5.66. The van der Waals surface area contributed by atoms with Crippen molar-refractivity contribution in [1.29, 1.82) is 0 Å². The zero-order chi connectivity index (χ0) is 13.1. The molecule has 0 amide bonds. The number of hydrogen-bond acceptors (Lipinski definition) is 3. The summed E-state index contributed by atoms with van der Waals surface area (Å²) in [6, 6.07) is 4.38. The fourth-order valence-electron chi connectivity index (χ4n) is 1.27. The lowest BCUT2D eigenvalue weighted by Crippen LogP contribution is -2.38. The van der Waals surface area contributed by atoms with Gasteiger partial charge in [-0.05, 0) is 18.9 Å². The Labute approximate surface area is 102 Å². The molecule has 0 fully saturated rings. The van der Waals surface area contributed by atoms with Crippen LogP contribution in [0.25, 0.3) is 0 Å². The molecule has 0 aliphatic rings. The number of ether oxygens (including phenoxy) is 1. The molecule has 0 aromatic heterocycles. The van der Waals surface area contributed by atoms with Gasteiger partial charge in [0, 0.05) is 24.4 Å². The molecule has 0 bridgehead atoms. The lowest BCUT2D eigenvalue weighted by molar-refractivity contribution is 0.0266. The molecule has 3 nitrogen and oxygen atoms in total. The summed E-state index contributed by atoms with van der Waals surface area (Å²) in [5.41, 5.74) is -0.234. The van der Waals surface area contributed by atoms with Crippen LogP contribution in [0.15, 0.2) is 18.2 Å². The van der Waals surface area contributed by atoms with Gasteiger partial charge in [-0.15, -0.1) is 0 Å². The van der Waals surface area contributed by atoms with Crippen LogP contribution in [0.4, 0.5) is 10.1 Å². The average Bonchev–Trinajstić information content (AvgIpc) is 2.25. The highest BCUT2D eigenvalue weighted by Crippen LogP contribution is 2.22. The Kier molecular flexibility index (Phi) is 4.34. The van der Waals surface area contributed by atoms with E-state index >= 15 is 0 Å². The third-order valence-corrected chi connectivity index (χ3v) is 3.00. The largest absolute Gasteiger partial charge is 0.497 e. The molecule has 0 spiro atoms. The molecule has 1 aromatic rings. The molecular formula is C13H20FNO2. The van der Waals surface area contributed by atoms with Crippen molar-refractivity contribution >= 4 is 5.69 Å². The fraction of sp³-hybridized carbons (Fsp3) is 0.538. The lowest BCUT2D eigenvalue weighted by atomic mass is 9.92. The van der Waals surface area contributed by atoms with Gasteiger partial charge in [0.15, 0.2) is 0 Å². The lowest BCUT2D eigenvalue weighted by Gasteiger charge is -2.28. The molecule has 2 N–H and O–H groups in total. The monoisotopic (exact) mass is 241 g/mol. The molecule has 1 rings (SSSR count). The normalized spacial score (nSPS) is 14.5. The number of aliphatic hydroxyl groups is 1. The summed E-state index contributed by atoms with van der Waals surface area (Å²) in [5.74, 6) is 0.207. The van der Waals surface area contributed by atoms with Crippen LogP contribution in [0.5, 0.6) is 5.75 Å². The van der Waals surface area contributed by atoms with E-state index in [0.717, 1.165) is 0 Å². The molecule has 96 valence electrons. The Balaban J connectivity index is 2.72. The van der Waals surface area contributed by atoms with Crippen LogP contribution in [0, 0.1) is 11.7 Å². The van der Waals surface area contributed by atoms with E-state index in [4.69, 9.17) is 4.74 Å². The standard InChI is InChI=1S/C13H20FNO2/c1-9(2)13(3,16)8-15-11-5-10(14)6-12(7-11)17-4/h5-7,9,15-16H,8H2,1-4H3. The predicted molar refractivity (Wildman–Crippen MR) is 66.9 cm³/mol. The van der Waals surface area contributed by atoms with Gasteiger partial charge in [0.2, 0.25) is 0 Å². The highest BCUT2D eigenvalue weighted by atomic mass is 19.1. The smallest absolute Gasteiger partial charge is 0.128 e. The van der Waals surface area contributed by atoms with E-state index in [0.29, 0.717) is 18.0 Å². The first kappa shape index (κ1) is 13.8. The van der Waals surface area contributed by atoms with E-state index in [-0.39, 0.29) is 11.7 Å². The summed E-state index contributed by atoms with van der Waals surface area (Å²) in [6.45, 7) is 5.99. The number of rotatable bonds is 5. The Morgan fingerprint density at radius 3 is 2.59 bits per heavy atom. The van der Waals surface area contributed by atoms with E-state index in [9.17, 15) is 9.50 Å². The van der Waals surface area contributed by atoms with E-state index in [2.05, 4.69) is 5.32 Å². The Morgan fingerprint density at radius 1 is 1.41 bits per heavy atom. The van der Waals surface area contributed by atoms with E-state index in [1.807, 2.05) is 13.8 Å². The third kappa shape index (κ3) is 3.89. The maximum Gasteiger partial charge on any atom is 0.128 e. The zero-order valence-corrected chi connectivity index (χ0v) is 10.7. The molecule has 0 saturated carbocycles. The maximum absolute atomic E-state index is 13.2. The van der Waals surface area contributed by atoms with Crippen LogP contribution >= 0.6 is 0 Å². The van der Waals surface area contributed by atoms with Gasteiger partial charge in [0.05, 0.1) is 12.7 Å². The van der Waals surface area contributed by atoms with Crippen molar-refractivity contribution in [3.8, 4) is 5.75 Å². The van der Waals surface area contributed by atoms with Crippen molar-refractivity contribution < 1.29 is 14.2 Å². The Hall–Kier alpha value is -1.29. The summed E-state index contributed by atoms with van der Waals surface area (Å²) in [6.07, 6.45) is 0. The number of nitrogens with one attached hydrogen (secondary N) is 1. The molecule has 1 unspecified atom stereocenters. The van der Waals surface area contributed by atoms with Gasteiger partial charge in [-0.25, -0.2) is 4.39 Å². The first-order valence-corrected chi connectivity index (χ1v) is 5.66. The van der Waals surface area contributed by atoms with Gasteiger partial charge in [0.1, 0.15) is 11.6 Å². The summed E-state index contributed by atoms with van der Waals surface area (Å²) in [7, 11) is 1.49. The summed E-state index contributed by atoms with van der Waals surface area (Å²) < 4.78 is 18.2. The quantitative estimate of drug-likeness (QED) is 0.832. The van der Waals surface area contributed by atoms with Gasteiger partial charge >= 0.3 is 0 Å². The molecule has 0 saturated heterocycles. The Bertz CT molecular complexity index is 378. The molecule has 0 heterocycles. The second-order valence-corrected chi connectivity index (χ2v) is 4.75. The summed E-state index contributed by atoms with van der Waals surface area (Å²) in [4.78, 5) is 0. The second-order valence-electron chi connectivity index (χ2n) is 4.75. The number of halogens is 1. The SMILES string of the molecule is COc1cc(F)cc(NCC(C)(O)C(C)C)c1. The van der Waals surface area contributed by atoms with Crippen LogP contribution < -0.4 is 10.1 Å². The van der Waals surface area contributed by atoms with Crippen molar-refractivity contribution in [2.75, 3.05) is 19.0 Å². The minimum absolute atomic E-state index is 0.116. The van der Waals surface area contributed by atoms with E-state index in [1.165, 1.54) is 19.2 Å². The molecule has 0 radical (unpaired) electrons. The molecule has 4 heteroatoms. The molecule has 0 aliphatic heterocycles. The highest BCUT2D eigenvalue weighted by Gasteiger charge is 2.24. The number of methoxy groups -OCH3 is 1. The third-order valence-electron chi connectivity index (χ3n) is 3.00. The number of hydrogen-bond donors (Lipinski definition) is 2. The molecule has 1 atom stereocenters. The van der Waals surface area contributed by atoms with Crippen LogP contribution in [0.2, 0.25) is 0 Å². The van der Waals surface area contributed by atoms with Crippen molar-refractivity contribution in [2.24, 2.45) is 5.92 Å². The molecule has 0 aliphatic carbocycles. The van der Waals surface area contributed by atoms with Crippen molar-refractivity contribution in [3.05, 3.63) is 24.0 Å². The molecule has 17 heavy (non-hydrogen) atoms. The topological polar surface area (TPSA) is 41.5 Å². The number of benzene rings is 1. The van der Waals surface area contributed by atoms with Crippen molar-refractivity contribution in [1.82, 2.24) is 0 Å². The van der Waals surface area contributed by atoms with Gasteiger partial charge < -0.3 is 15.2 Å². The van der Waals surface area contributed by atoms with E-state index in [1.54, 1.807) is 13.0 Å². The zero-order valence-electron chi connectivity index (χ0n) is 10.7. The van der Waals surface area contributed by atoms with Gasteiger partial charge in [0.25, 0.3) is 0 Å². The minimum Gasteiger partial charge on any atom is -0.497 e. The van der Waals surface area contributed by atoms with Gasteiger partial charge in [-0.3, -0.25) is 0 Å². The highest BCUT2D eigenvalue weighted by molar-refractivity contribution is 5.49. The van der Waals surface area contributed by atoms with Crippen LogP contribution in [-0.2, 0) is 0 Å². The first-order chi connectivity index (χ1) is 7.85. The van der Waals surface area contributed by atoms with Gasteiger partial charge in [-0.1, -0.05) is 13.8 Å². The predicted octanol–water partition coefficient (Wildman–Crippen LogP) is 2.65. The van der Waals surface area contributed by atoms with Crippen LogP contribution in [0.1, 0.15) is 20.8 Å². The van der Waals surface area contributed by atoms with Crippen molar-refractivity contribution in [2.45, 2.75) is 26.4 Å². The number of anilines is 1. The van der Waals surface area contributed by atoms with Crippen LogP contribution in [-0.4, -0.2) is 24.4 Å². The summed E-state index contributed by atoms with van der Waals surface area (Å²) in [5, 5.41) is 13.1. The minimum atomic E-state index is -0.834. The van der Waals surface area contributed by atoms with Crippen LogP contribution in [0.3, 0.4) is 0 Å². The second kappa shape index (κ2) is 5.36.